The Balaban J connectivity index is 1.52. The van der Waals surface area contributed by atoms with E-state index in [4.69, 9.17) is 9.47 Å². The van der Waals surface area contributed by atoms with Gasteiger partial charge in [-0.3, -0.25) is 0 Å². The number of hydrogen-bond acceptors (Lipinski definition) is 8. The molecule has 0 aromatic carbocycles. The number of fused-ring (bicyclic) bond motifs is 1. The van der Waals surface area contributed by atoms with E-state index in [1.54, 1.807) is 23.1 Å². The normalized spacial score (nSPS) is 18.0. The molecule has 1 fully saturated rings. The van der Waals surface area contributed by atoms with Crippen molar-refractivity contribution in [2.45, 2.75) is 24.4 Å². The molecule has 9 nitrogen and oxygen atoms in total. The van der Waals surface area contributed by atoms with E-state index in [1.165, 1.54) is 14.2 Å². The number of methoxy groups -OCH3 is 2. The lowest BCUT2D eigenvalue weighted by Gasteiger charge is -2.10. The Hall–Kier alpha value is -3.83. The lowest BCUT2D eigenvalue weighted by Crippen LogP contribution is -2.07. The topological polar surface area (TPSA) is 100 Å². The minimum absolute atomic E-state index is 0.0106. The van der Waals surface area contributed by atoms with Gasteiger partial charge in [-0.15, -0.1) is 0 Å². The number of imidazole rings is 1. The van der Waals surface area contributed by atoms with E-state index >= 15 is 0 Å². The number of nitrogens with zero attached hydrogens (tertiary/aromatic N) is 7. The molecule has 2 atom stereocenters. The molecule has 0 amide bonds. The van der Waals surface area contributed by atoms with Crippen molar-refractivity contribution in [3.63, 3.8) is 0 Å². The Bertz CT molecular complexity index is 1290. The van der Waals surface area contributed by atoms with E-state index in [-0.39, 0.29) is 17.8 Å². The van der Waals surface area contributed by atoms with Crippen molar-refractivity contribution in [1.29, 1.82) is 0 Å². The molecule has 0 N–H and O–H groups in total. The Morgan fingerprint density at radius 2 is 1.78 bits per heavy atom. The van der Waals surface area contributed by atoms with Crippen molar-refractivity contribution < 1.29 is 22.6 Å². The molecule has 1 saturated carbocycles. The number of alkyl halides is 3. The van der Waals surface area contributed by atoms with Crippen LogP contribution in [0.4, 0.5) is 13.2 Å². The van der Waals surface area contributed by atoms with Crippen LogP contribution >= 0.6 is 0 Å². The number of halogens is 3. The second-order valence-corrected chi connectivity index (χ2v) is 7.24. The molecule has 0 saturated heterocycles. The van der Waals surface area contributed by atoms with Crippen molar-refractivity contribution in [3.8, 4) is 23.1 Å². The molecule has 0 aliphatic heterocycles. The molecule has 0 radical (unpaired) electrons. The van der Waals surface area contributed by atoms with E-state index in [2.05, 4.69) is 30.0 Å². The highest BCUT2D eigenvalue weighted by Gasteiger charge is 2.44. The number of ether oxygens (including phenoxy) is 2. The van der Waals surface area contributed by atoms with Gasteiger partial charge in [-0.05, 0) is 18.4 Å². The molecule has 1 aliphatic carbocycles. The van der Waals surface area contributed by atoms with Gasteiger partial charge in [-0.1, -0.05) is 0 Å². The number of aromatic nitrogens is 7. The van der Waals surface area contributed by atoms with Gasteiger partial charge in [0.1, 0.15) is 5.82 Å². The molecule has 4 heterocycles. The zero-order chi connectivity index (χ0) is 22.5. The fourth-order valence-electron chi connectivity index (χ4n) is 3.63. The molecule has 4 aromatic heterocycles. The average molecular weight is 443 g/mol. The van der Waals surface area contributed by atoms with Crippen LogP contribution in [-0.4, -0.2) is 48.8 Å². The monoisotopic (exact) mass is 443 g/mol. The summed E-state index contributed by atoms with van der Waals surface area (Å²) < 4.78 is 50.5. The van der Waals surface area contributed by atoms with Crippen LogP contribution in [0.2, 0.25) is 0 Å². The molecule has 32 heavy (non-hydrogen) atoms. The summed E-state index contributed by atoms with van der Waals surface area (Å²) in [5, 5.41) is 4.57. The smallest absolute Gasteiger partial charge is 0.419 e. The van der Waals surface area contributed by atoms with Gasteiger partial charge in [0.25, 0.3) is 0 Å². The van der Waals surface area contributed by atoms with Gasteiger partial charge in [-0.2, -0.15) is 23.3 Å². The Morgan fingerprint density at radius 1 is 1.00 bits per heavy atom. The molecule has 4 aromatic rings. The summed E-state index contributed by atoms with van der Waals surface area (Å²) in [4.78, 5) is 20.6. The molecule has 164 valence electrons. The van der Waals surface area contributed by atoms with Gasteiger partial charge in [0, 0.05) is 42.5 Å². The fourth-order valence-corrected chi connectivity index (χ4v) is 3.63. The van der Waals surface area contributed by atoms with Crippen molar-refractivity contribution >= 4 is 5.65 Å². The summed E-state index contributed by atoms with van der Waals surface area (Å²) >= 11 is 0. The van der Waals surface area contributed by atoms with Gasteiger partial charge in [0.05, 0.1) is 31.0 Å². The largest absolute Gasteiger partial charge is 0.480 e. The second-order valence-electron chi connectivity index (χ2n) is 7.24. The van der Waals surface area contributed by atoms with Crippen LogP contribution in [0.1, 0.15) is 35.2 Å². The molecule has 5 rings (SSSR count). The lowest BCUT2D eigenvalue weighted by atomic mass is 10.1. The maximum Gasteiger partial charge on any atom is 0.419 e. The molecular weight excluding hydrogens is 427 g/mol. The van der Waals surface area contributed by atoms with E-state index < -0.39 is 11.7 Å². The highest BCUT2D eigenvalue weighted by Crippen LogP contribution is 2.54. The highest BCUT2D eigenvalue weighted by molar-refractivity contribution is 5.68. The fraction of sp³-hybridized carbons (Fsp3) is 0.300. The zero-order valence-corrected chi connectivity index (χ0v) is 16.9. The van der Waals surface area contributed by atoms with E-state index in [9.17, 15) is 13.2 Å². The van der Waals surface area contributed by atoms with Crippen LogP contribution in [0.15, 0.2) is 37.1 Å². The molecule has 0 spiro atoms. The zero-order valence-electron chi connectivity index (χ0n) is 16.9. The first-order valence-corrected chi connectivity index (χ1v) is 9.58. The van der Waals surface area contributed by atoms with Crippen LogP contribution < -0.4 is 9.47 Å². The average Bonchev–Trinajstić information content (AvgIpc) is 3.45. The van der Waals surface area contributed by atoms with E-state index in [1.807, 2.05) is 6.07 Å². The van der Waals surface area contributed by atoms with Crippen LogP contribution in [0.3, 0.4) is 0 Å². The van der Waals surface area contributed by atoms with Crippen molar-refractivity contribution in [2.24, 2.45) is 0 Å². The SMILES string of the molecule is COc1ncc(-c2cc([C@H]3C[C@@H]3c3ncc(C(F)(F)F)cn3)c3nccn3n2)c(OC)n1. The van der Waals surface area contributed by atoms with Gasteiger partial charge in [0.15, 0.2) is 5.65 Å². The molecule has 12 heteroatoms. The third kappa shape index (κ3) is 3.47. The van der Waals surface area contributed by atoms with Crippen molar-refractivity contribution in [2.75, 3.05) is 14.2 Å². The lowest BCUT2D eigenvalue weighted by molar-refractivity contribution is -0.138. The highest BCUT2D eigenvalue weighted by atomic mass is 19.4. The summed E-state index contributed by atoms with van der Waals surface area (Å²) in [6.07, 6.45) is 2.76. The van der Waals surface area contributed by atoms with Gasteiger partial charge < -0.3 is 9.47 Å². The van der Waals surface area contributed by atoms with E-state index in [0.717, 1.165) is 18.0 Å². The number of rotatable bonds is 5. The molecular formula is C20H16F3N7O2. The first-order chi connectivity index (χ1) is 15.4. The van der Waals surface area contributed by atoms with Gasteiger partial charge >= 0.3 is 12.2 Å². The predicted molar refractivity (Wildman–Crippen MR) is 104 cm³/mol. The van der Waals surface area contributed by atoms with Crippen LogP contribution in [0, 0.1) is 0 Å². The summed E-state index contributed by atoms with van der Waals surface area (Å²) in [6, 6.07) is 2.03. The molecule has 1 aliphatic rings. The van der Waals surface area contributed by atoms with Gasteiger partial charge in [-0.25, -0.2) is 24.5 Å². The van der Waals surface area contributed by atoms with Crippen LogP contribution in [0.5, 0.6) is 11.9 Å². The van der Waals surface area contributed by atoms with Crippen molar-refractivity contribution in [3.05, 3.63) is 54.0 Å². The summed E-state index contributed by atoms with van der Waals surface area (Å²) in [5.74, 6) is 0.551. The first-order valence-electron chi connectivity index (χ1n) is 9.58. The Labute approximate surface area is 179 Å². The van der Waals surface area contributed by atoms with Crippen LogP contribution in [0.25, 0.3) is 16.9 Å². The van der Waals surface area contributed by atoms with E-state index in [0.29, 0.717) is 35.0 Å². The summed E-state index contributed by atoms with van der Waals surface area (Å²) in [6.45, 7) is 0. The predicted octanol–water partition coefficient (Wildman–Crippen LogP) is 3.28. The number of hydrogen-bond donors (Lipinski definition) is 0. The molecule has 0 unspecified atom stereocenters. The maximum atomic E-state index is 12.8. The summed E-state index contributed by atoms with van der Waals surface area (Å²) in [5.41, 5.74) is 1.79. The van der Waals surface area contributed by atoms with Crippen molar-refractivity contribution in [1.82, 2.24) is 34.5 Å². The standard InChI is InChI=1S/C20H16F3N7O2/c1-31-18-14(9-27-19(28-18)32-2)15-6-13(17-24-3-4-30(17)29-15)11-5-12(11)16-25-7-10(8-26-16)20(21,22)23/h3-4,6-9,11-12H,5H2,1-2H3/t11-,12-/m0/s1. The molecule has 0 bridgehead atoms. The first kappa shape index (κ1) is 20.1. The minimum atomic E-state index is -4.47. The minimum Gasteiger partial charge on any atom is -0.480 e. The summed E-state index contributed by atoms with van der Waals surface area (Å²) in [7, 11) is 2.94. The van der Waals surface area contributed by atoms with Crippen LogP contribution in [-0.2, 0) is 6.18 Å². The van der Waals surface area contributed by atoms with Gasteiger partial charge in [0.2, 0.25) is 5.88 Å². The Kier molecular flexibility index (Phi) is 4.64. The maximum absolute atomic E-state index is 12.8. The quantitative estimate of drug-likeness (QED) is 0.463. The third-order valence-corrected chi connectivity index (χ3v) is 5.29. The third-order valence-electron chi connectivity index (χ3n) is 5.29. The Morgan fingerprint density at radius 3 is 2.47 bits per heavy atom. The second kappa shape index (κ2) is 7.39.